The molecule has 0 atom stereocenters. The lowest BCUT2D eigenvalue weighted by atomic mass is 10.1. The molecule has 1 aromatic heterocycles. The molecular formula is C16H18N2O4S. The number of pyridine rings is 1. The number of hydrogen-bond acceptors (Lipinski definition) is 4. The second kappa shape index (κ2) is 7.34. The highest BCUT2D eigenvalue weighted by Gasteiger charge is 2.22. The third-order valence-corrected chi connectivity index (χ3v) is 4.89. The van der Waals surface area contributed by atoms with Gasteiger partial charge >= 0.3 is 5.97 Å². The lowest BCUT2D eigenvalue weighted by molar-refractivity contribution is 0.0685. The van der Waals surface area contributed by atoms with Crippen molar-refractivity contribution in [2.24, 2.45) is 0 Å². The Balaban J connectivity index is 2.05. The third kappa shape index (κ3) is 4.37. The Kier molecular flexibility index (Phi) is 5.46. The zero-order chi connectivity index (χ0) is 16.9. The molecule has 2 N–H and O–H groups in total. The zero-order valence-corrected chi connectivity index (χ0v) is 13.5. The van der Waals surface area contributed by atoms with Gasteiger partial charge in [0, 0.05) is 12.7 Å². The van der Waals surface area contributed by atoms with Gasteiger partial charge in [0.05, 0.1) is 0 Å². The van der Waals surface area contributed by atoms with Crippen molar-refractivity contribution in [2.75, 3.05) is 6.54 Å². The fourth-order valence-corrected chi connectivity index (χ4v) is 3.30. The first-order valence-electron chi connectivity index (χ1n) is 7.20. The number of hydrogen-bond donors (Lipinski definition) is 2. The molecule has 0 amide bonds. The van der Waals surface area contributed by atoms with E-state index < -0.39 is 21.7 Å². The maximum atomic E-state index is 12.2. The highest BCUT2D eigenvalue weighted by Crippen LogP contribution is 2.13. The Morgan fingerprint density at radius 1 is 1.17 bits per heavy atom. The van der Waals surface area contributed by atoms with Crippen molar-refractivity contribution in [2.45, 2.75) is 24.7 Å². The number of aryl methyl sites for hydroxylation is 1. The van der Waals surface area contributed by atoms with Crippen LogP contribution in [0, 0.1) is 0 Å². The number of aromatic carboxylic acids is 1. The molecule has 0 radical (unpaired) electrons. The van der Waals surface area contributed by atoms with Gasteiger partial charge in [-0.25, -0.2) is 22.9 Å². The van der Waals surface area contributed by atoms with E-state index in [1.165, 1.54) is 23.9 Å². The maximum Gasteiger partial charge on any atom is 0.355 e. The van der Waals surface area contributed by atoms with Crippen LogP contribution in [0.5, 0.6) is 0 Å². The van der Waals surface area contributed by atoms with Crippen LogP contribution in [-0.2, 0) is 22.9 Å². The molecule has 0 spiro atoms. The average Bonchev–Trinajstić information content (AvgIpc) is 2.55. The Labute approximate surface area is 135 Å². The van der Waals surface area contributed by atoms with Gasteiger partial charge in [-0.3, -0.25) is 0 Å². The van der Waals surface area contributed by atoms with Gasteiger partial charge in [-0.1, -0.05) is 31.2 Å². The lowest BCUT2D eigenvalue weighted by Gasteiger charge is -2.09. The lowest BCUT2D eigenvalue weighted by Crippen LogP contribution is -2.28. The Hall–Kier alpha value is -2.25. The van der Waals surface area contributed by atoms with Gasteiger partial charge in [-0.15, -0.1) is 0 Å². The molecule has 0 saturated heterocycles. The van der Waals surface area contributed by atoms with Crippen molar-refractivity contribution in [1.82, 2.24) is 9.71 Å². The number of carboxylic acid groups (broad SMARTS) is 1. The molecular weight excluding hydrogens is 316 g/mol. The van der Waals surface area contributed by atoms with E-state index in [0.717, 1.165) is 12.0 Å². The average molecular weight is 334 g/mol. The zero-order valence-electron chi connectivity index (χ0n) is 12.7. The predicted molar refractivity (Wildman–Crippen MR) is 85.9 cm³/mol. The Bertz CT molecular complexity index is 786. The van der Waals surface area contributed by atoms with Crippen LogP contribution in [0.4, 0.5) is 0 Å². The number of nitrogens with zero attached hydrogens (tertiary/aromatic N) is 1. The first kappa shape index (κ1) is 17.1. The molecule has 0 aliphatic heterocycles. The highest BCUT2D eigenvalue weighted by atomic mass is 32.2. The molecule has 0 unspecified atom stereocenters. The molecule has 0 aliphatic rings. The summed E-state index contributed by atoms with van der Waals surface area (Å²) < 4.78 is 26.9. The van der Waals surface area contributed by atoms with Crippen LogP contribution in [-0.4, -0.2) is 31.0 Å². The van der Waals surface area contributed by atoms with E-state index >= 15 is 0 Å². The summed E-state index contributed by atoms with van der Waals surface area (Å²) in [4.78, 5) is 14.4. The van der Waals surface area contributed by atoms with Crippen molar-refractivity contribution >= 4 is 16.0 Å². The minimum absolute atomic E-state index is 0.182. The highest BCUT2D eigenvalue weighted by molar-refractivity contribution is 7.89. The van der Waals surface area contributed by atoms with Crippen molar-refractivity contribution < 1.29 is 18.3 Å². The van der Waals surface area contributed by atoms with Gasteiger partial charge in [-0.05, 0) is 36.1 Å². The van der Waals surface area contributed by atoms with E-state index in [1.807, 2.05) is 24.3 Å². The number of rotatable bonds is 7. The van der Waals surface area contributed by atoms with Crippen LogP contribution in [0.3, 0.4) is 0 Å². The fourth-order valence-electron chi connectivity index (χ4n) is 2.12. The molecule has 0 fully saturated rings. The molecule has 1 aromatic carbocycles. The quantitative estimate of drug-likeness (QED) is 0.806. The SMILES string of the molecule is CCc1ccc(CCNS(=O)(=O)c2cccnc2C(=O)O)cc1. The fraction of sp³-hybridized carbons (Fsp3) is 0.250. The van der Waals surface area contributed by atoms with Gasteiger partial charge in [-0.2, -0.15) is 0 Å². The molecule has 7 heteroatoms. The normalized spacial score (nSPS) is 11.3. The van der Waals surface area contributed by atoms with Crippen molar-refractivity contribution in [3.05, 3.63) is 59.4 Å². The summed E-state index contributed by atoms with van der Waals surface area (Å²) in [6.45, 7) is 2.25. The van der Waals surface area contributed by atoms with Crippen LogP contribution < -0.4 is 4.72 Å². The molecule has 0 bridgehead atoms. The van der Waals surface area contributed by atoms with Crippen LogP contribution in [0.15, 0.2) is 47.5 Å². The second-order valence-electron chi connectivity index (χ2n) is 4.97. The van der Waals surface area contributed by atoms with Gasteiger partial charge in [0.1, 0.15) is 4.90 Å². The molecule has 122 valence electrons. The van der Waals surface area contributed by atoms with Crippen molar-refractivity contribution in [3.63, 3.8) is 0 Å². The molecule has 23 heavy (non-hydrogen) atoms. The summed E-state index contributed by atoms with van der Waals surface area (Å²) in [6.07, 6.45) is 2.72. The number of carboxylic acids is 1. The Morgan fingerprint density at radius 2 is 1.83 bits per heavy atom. The van der Waals surface area contributed by atoms with Gasteiger partial charge in [0.2, 0.25) is 10.0 Å². The van der Waals surface area contributed by atoms with E-state index in [0.29, 0.717) is 6.42 Å². The van der Waals surface area contributed by atoms with Crippen LogP contribution in [0.1, 0.15) is 28.5 Å². The summed E-state index contributed by atoms with van der Waals surface area (Å²) in [6, 6.07) is 10.6. The van der Waals surface area contributed by atoms with Crippen LogP contribution in [0.2, 0.25) is 0 Å². The predicted octanol–water partition coefficient (Wildman–Crippen LogP) is 1.86. The molecule has 2 aromatic rings. The first-order valence-corrected chi connectivity index (χ1v) is 8.68. The topological polar surface area (TPSA) is 96.4 Å². The maximum absolute atomic E-state index is 12.2. The monoisotopic (exact) mass is 334 g/mol. The second-order valence-corrected chi connectivity index (χ2v) is 6.71. The standard InChI is InChI=1S/C16H18N2O4S/c1-2-12-5-7-13(8-6-12)9-11-18-23(21,22)14-4-3-10-17-15(14)16(19)20/h3-8,10,18H,2,9,11H2,1H3,(H,19,20). The summed E-state index contributed by atoms with van der Waals surface area (Å²) in [5, 5.41) is 9.03. The van der Waals surface area contributed by atoms with Gasteiger partial charge < -0.3 is 5.11 Å². The molecule has 1 heterocycles. The number of sulfonamides is 1. The van der Waals surface area contributed by atoms with E-state index in [2.05, 4.69) is 16.6 Å². The number of nitrogens with one attached hydrogen (secondary N) is 1. The van der Waals surface area contributed by atoms with Crippen molar-refractivity contribution in [1.29, 1.82) is 0 Å². The summed E-state index contributed by atoms with van der Waals surface area (Å²) in [5.74, 6) is -1.37. The molecule has 0 saturated carbocycles. The number of benzene rings is 1. The van der Waals surface area contributed by atoms with Crippen molar-refractivity contribution in [3.8, 4) is 0 Å². The van der Waals surface area contributed by atoms with E-state index in [-0.39, 0.29) is 11.4 Å². The summed E-state index contributed by atoms with van der Waals surface area (Å²) >= 11 is 0. The van der Waals surface area contributed by atoms with Gasteiger partial charge in [0.15, 0.2) is 5.69 Å². The number of carbonyl (C=O) groups is 1. The van der Waals surface area contributed by atoms with Gasteiger partial charge in [0.25, 0.3) is 0 Å². The largest absolute Gasteiger partial charge is 0.476 e. The molecule has 6 nitrogen and oxygen atoms in total. The summed E-state index contributed by atoms with van der Waals surface area (Å²) in [5.41, 5.74) is 1.75. The third-order valence-electron chi connectivity index (χ3n) is 3.40. The van der Waals surface area contributed by atoms with E-state index in [9.17, 15) is 13.2 Å². The minimum atomic E-state index is -3.91. The van der Waals surface area contributed by atoms with Crippen LogP contribution in [0.25, 0.3) is 0 Å². The molecule has 0 aliphatic carbocycles. The number of aromatic nitrogens is 1. The minimum Gasteiger partial charge on any atom is -0.476 e. The smallest absolute Gasteiger partial charge is 0.355 e. The van der Waals surface area contributed by atoms with Crippen LogP contribution >= 0.6 is 0 Å². The summed E-state index contributed by atoms with van der Waals surface area (Å²) in [7, 11) is -3.91. The Morgan fingerprint density at radius 3 is 2.43 bits per heavy atom. The van der Waals surface area contributed by atoms with E-state index in [4.69, 9.17) is 5.11 Å². The molecule has 2 rings (SSSR count). The first-order chi connectivity index (χ1) is 10.9. The van der Waals surface area contributed by atoms with E-state index in [1.54, 1.807) is 0 Å².